The number of primary amides is 1. The van der Waals surface area contributed by atoms with Crippen LogP contribution in [0.2, 0.25) is 10.0 Å². The molecule has 2 fully saturated rings. The summed E-state index contributed by atoms with van der Waals surface area (Å²) in [4.78, 5) is 73.4. The molecular weight excluding hydrogens is 1220 g/mol. The first-order valence-corrected chi connectivity index (χ1v) is 31.5. The molecule has 2 aromatic heterocycles. The third-order valence-electron chi connectivity index (χ3n) is 16.3. The highest BCUT2D eigenvalue weighted by Crippen LogP contribution is 2.36. The Morgan fingerprint density at radius 1 is 0.681 bits per heavy atom. The van der Waals surface area contributed by atoms with Crippen molar-refractivity contribution < 1.29 is 61.5 Å². The van der Waals surface area contributed by atoms with E-state index in [-0.39, 0.29) is 105 Å². The van der Waals surface area contributed by atoms with Crippen molar-refractivity contribution in [3.05, 3.63) is 141 Å². The molecule has 6 aromatic rings. The molecular formula is C66H83Cl2F3N10O10. The van der Waals surface area contributed by atoms with Crippen LogP contribution in [0.25, 0.3) is 22.5 Å². The first kappa shape index (κ1) is 69.8. The van der Waals surface area contributed by atoms with E-state index in [2.05, 4.69) is 16.0 Å². The zero-order chi connectivity index (χ0) is 66.0. The lowest BCUT2D eigenvalue weighted by molar-refractivity contribution is -0.189. The summed E-state index contributed by atoms with van der Waals surface area (Å²) in [5.74, 6) is -1.56. The molecule has 4 heterocycles. The zero-order valence-corrected chi connectivity index (χ0v) is 54.2. The molecule has 0 saturated carbocycles. The number of rotatable bonds is 28. The molecule has 91 heavy (non-hydrogen) atoms. The van der Waals surface area contributed by atoms with Crippen molar-refractivity contribution in [3.8, 4) is 34.0 Å². The van der Waals surface area contributed by atoms with Gasteiger partial charge in [-0.15, -0.1) is 0 Å². The fourth-order valence-corrected chi connectivity index (χ4v) is 12.1. The Labute approximate surface area is 538 Å². The maximum absolute atomic E-state index is 15.9. The van der Waals surface area contributed by atoms with E-state index < -0.39 is 70.8 Å². The average Bonchev–Trinajstić information content (AvgIpc) is 1.56. The van der Waals surface area contributed by atoms with Crippen LogP contribution >= 0.6 is 23.2 Å². The number of nitrogens with two attached hydrogens (primary N) is 1. The van der Waals surface area contributed by atoms with E-state index in [1.54, 1.807) is 39.8 Å². The highest BCUT2D eigenvalue weighted by molar-refractivity contribution is 6.32. The highest BCUT2D eigenvalue weighted by atomic mass is 35.5. The molecule has 4 aromatic carbocycles. The average molecular weight is 1300 g/mol. The molecule has 492 valence electrons. The molecule has 0 aliphatic carbocycles. The van der Waals surface area contributed by atoms with Gasteiger partial charge in [0.2, 0.25) is 11.8 Å². The van der Waals surface area contributed by atoms with Crippen LogP contribution < -0.4 is 31.2 Å². The van der Waals surface area contributed by atoms with Crippen LogP contribution in [0, 0.1) is 0 Å². The lowest BCUT2D eigenvalue weighted by atomic mass is 9.77. The number of hydrogen-bond acceptors (Lipinski definition) is 14. The van der Waals surface area contributed by atoms with Gasteiger partial charge in [0, 0.05) is 86.5 Å². The van der Waals surface area contributed by atoms with E-state index in [4.69, 9.17) is 57.9 Å². The molecule has 20 nitrogen and oxygen atoms in total. The van der Waals surface area contributed by atoms with E-state index in [1.807, 2.05) is 101 Å². The third kappa shape index (κ3) is 17.3. The van der Waals surface area contributed by atoms with Crippen molar-refractivity contribution in [2.45, 2.75) is 141 Å². The van der Waals surface area contributed by atoms with Gasteiger partial charge < -0.3 is 60.0 Å². The number of aromatic nitrogens is 4. The number of carbonyl (C=O) groups is 4. The second-order valence-electron chi connectivity index (χ2n) is 24.1. The Morgan fingerprint density at radius 2 is 1.14 bits per heavy atom. The third-order valence-corrected chi connectivity index (χ3v) is 16.9. The number of benzene rings is 4. The molecule has 0 bridgehead atoms. The fraction of sp³-hybridized carbons (Fsp3) is 0.485. The van der Waals surface area contributed by atoms with Crippen molar-refractivity contribution in [3.63, 3.8) is 0 Å². The van der Waals surface area contributed by atoms with Crippen molar-refractivity contribution >= 4 is 46.8 Å². The second-order valence-corrected chi connectivity index (χ2v) is 24.9. The summed E-state index contributed by atoms with van der Waals surface area (Å²) in [7, 11) is 0. The topological polar surface area (TPSA) is 250 Å². The smallest absolute Gasteiger partial charge is 0.425 e. The summed E-state index contributed by atoms with van der Waals surface area (Å²) < 4.78 is 66.9. The Bertz CT molecular complexity index is 3470. The molecule has 0 spiro atoms. The van der Waals surface area contributed by atoms with Crippen LogP contribution in [0.1, 0.15) is 112 Å². The van der Waals surface area contributed by atoms with Gasteiger partial charge in [0.15, 0.2) is 6.10 Å². The van der Waals surface area contributed by atoms with Crippen LogP contribution in [0.5, 0.6) is 11.5 Å². The van der Waals surface area contributed by atoms with Crippen molar-refractivity contribution in [2.75, 3.05) is 65.8 Å². The molecule has 7 N–H and O–H groups in total. The van der Waals surface area contributed by atoms with Crippen molar-refractivity contribution in [1.82, 2.24) is 44.9 Å². The maximum Gasteiger partial charge on any atom is 0.425 e. The Balaban J connectivity index is 1.17. The molecule has 4 amide bonds. The fourth-order valence-electron chi connectivity index (χ4n) is 11.6. The molecule has 2 aliphatic rings. The molecule has 25 heteroatoms. The summed E-state index contributed by atoms with van der Waals surface area (Å²) in [6.07, 6.45) is -2.35. The number of nitrogens with zero attached hydrogens (tertiary/aromatic N) is 6. The molecule has 0 radical (unpaired) electrons. The maximum atomic E-state index is 15.9. The number of hydrogen-bond donors (Lipinski definition) is 6. The minimum absolute atomic E-state index is 0.0121. The highest BCUT2D eigenvalue weighted by Gasteiger charge is 2.56. The Morgan fingerprint density at radius 3 is 1.57 bits per heavy atom. The number of nitrogens with one attached hydrogen (secondary N) is 3. The Hall–Kier alpha value is -7.09. The second kappa shape index (κ2) is 30.1. The summed E-state index contributed by atoms with van der Waals surface area (Å²) in [6, 6.07) is 20.2. The summed E-state index contributed by atoms with van der Waals surface area (Å²) in [5.41, 5.74) is 6.96. The number of morpholine rings is 2. The van der Waals surface area contributed by atoms with E-state index in [0.29, 0.717) is 48.5 Å². The van der Waals surface area contributed by atoms with Gasteiger partial charge in [-0.05, 0) is 122 Å². The largest absolute Gasteiger partial charge is 0.492 e. The minimum Gasteiger partial charge on any atom is -0.492 e. The number of amides is 4. The molecule has 2 saturated heterocycles. The lowest BCUT2D eigenvalue weighted by Crippen LogP contribution is -2.75. The van der Waals surface area contributed by atoms with E-state index in [1.165, 1.54) is 24.3 Å². The van der Waals surface area contributed by atoms with Gasteiger partial charge in [-0.1, -0.05) is 78.7 Å². The van der Waals surface area contributed by atoms with Crippen molar-refractivity contribution in [1.29, 1.82) is 0 Å². The van der Waals surface area contributed by atoms with Crippen LogP contribution in [0.4, 0.5) is 13.2 Å². The van der Waals surface area contributed by atoms with E-state index in [0.717, 1.165) is 35.6 Å². The van der Waals surface area contributed by atoms with E-state index >= 15 is 9.59 Å². The Kier molecular flexibility index (Phi) is 23.1. The van der Waals surface area contributed by atoms with Crippen LogP contribution in [-0.4, -0.2) is 164 Å². The number of ether oxygens (including phenoxy) is 4. The zero-order valence-electron chi connectivity index (χ0n) is 52.7. The number of carbonyl (C=O) groups excluding carboxylic acids is 4. The number of aryl methyl sites for hydroxylation is 2. The summed E-state index contributed by atoms with van der Waals surface area (Å²) in [5, 5.41) is 31.1. The van der Waals surface area contributed by atoms with Gasteiger partial charge in [-0.25, -0.2) is 9.97 Å². The van der Waals surface area contributed by atoms with Gasteiger partial charge in [-0.2, -0.15) is 13.2 Å². The first-order valence-electron chi connectivity index (χ1n) is 30.7. The number of alkyl halides is 3. The lowest BCUT2D eigenvalue weighted by Gasteiger charge is -2.52. The van der Waals surface area contributed by atoms with E-state index in [9.17, 15) is 33.0 Å². The molecule has 5 atom stereocenters. The normalized spacial score (nSPS) is 16.5. The SMILES string of the molecule is CCCOc1ccc(C(=O)N[C@H](Cc2ccc(-c3cn(CC)c(C(C)(C)O)n3)cc2)CC(C(N)=O)(C(C(=O)NC[C@@H](Cc2ccc(-c3cn(CC)c(C(C)(C)O)n3)cc2)NC(=O)c2ccc(O[C@H](C)C(F)(F)F)c(Cl)c2)N2CCOCC2)N2CCOCC2)cc1Cl. The molecule has 8 rings (SSSR count). The molecule has 2 aliphatic heterocycles. The summed E-state index contributed by atoms with van der Waals surface area (Å²) in [6.45, 7) is 16.2. The molecule has 2 unspecified atom stereocenters. The predicted molar refractivity (Wildman–Crippen MR) is 340 cm³/mol. The predicted octanol–water partition coefficient (Wildman–Crippen LogP) is 8.48. The number of halogens is 5. The van der Waals surface area contributed by atoms with Crippen molar-refractivity contribution in [2.24, 2.45) is 5.73 Å². The van der Waals surface area contributed by atoms with Crippen LogP contribution in [-0.2, 0) is 56.2 Å². The quantitative estimate of drug-likeness (QED) is 0.0270. The summed E-state index contributed by atoms with van der Waals surface area (Å²) >= 11 is 13.2. The minimum atomic E-state index is -4.68. The van der Waals surface area contributed by atoms with Gasteiger partial charge in [0.05, 0.1) is 60.5 Å². The van der Waals surface area contributed by atoms with Crippen LogP contribution in [0.3, 0.4) is 0 Å². The number of aliphatic hydroxyl groups is 2. The number of imidazole rings is 2. The standard InChI is InChI=1S/C66H83Cl2F3N10O10/c1-9-28-90-54-22-20-46(35-50(54)67)57(82)74-48(33-42-12-16-44(17-13-42)52-39-78(10-2)61(76-52)63(5,6)86)37-65(60(72)85,81-26-31-89-32-27-81)56(80-24-29-88-30-25-80)59(84)73-38-49(75-58(83)47-21-23-55(51(68)36-47)91-41(4)66(69,70)71)34-43-14-18-45(19-15-43)53-40-79(11-3)62(77-53)64(7,8)87/h12-23,35-36,39-41,48-49,56,86-87H,9-11,24-34,37-38H2,1-8H3,(H2,72,85)(H,73,84)(H,74,82)(H,75,83)/t41-,48-,49-,56?,65?/m1/s1. The van der Waals surface area contributed by atoms with Gasteiger partial charge in [0.1, 0.15) is 45.9 Å². The van der Waals surface area contributed by atoms with Gasteiger partial charge >= 0.3 is 6.18 Å². The van der Waals surface area contributed by atoms with Gasteiger partial charge in [-0.3, -0.25) is 29.0 Å². The van der Waals surface area contributed by atoms with Crippen LogP contribution in [0.15, 0.2) is 97.3 Å². The monoisotopic (exact) mass is 1300 g/mol. The first-order chi connectivity index (χ1) is 43.1. The van der Waals surface area contributed by atoms with Gasteiger partial charge in [0.25, 0.3) is 11.8 Å².